The molecular formula is C17H28N2O. The van der Waals surface area contributed by atoms with Crippen LogP contribution in [0, 0.1) is 6.92 Å². The van der Waals surface area contributed by atoms with Crippen molar-refractivity contribution in [1.29, 1.82) is 0 Å². The molecule has 2 atom stereocenters. The summed E-state index contributed by atoms with van der Waals surface area (Å²) in [5.74, 6) is 0. The Morgan fingerprint density at radius 1 is 1.50 bits per heavy atom. The largest absolute Gasteiger partial charge is 0.378 e. The Hall–Kier alpha value is -0.930. The Morgan fingerprint density at radius 3 is 3.10 bits per heavy atom. The first kappa shape index (κ1) is 15.5. The first-order chi connectivity index (χ1) is 9.79. The maximum atomic E-state index is 5.70. The maximum Gasteiger partial charge on any atom is 0.0576 e. The fourth-order valence-corrected chi connectivity index (χ4v) is 2.84. The molecule has 0 aliphatic carbocycles. The maximum absolute atomic E-state index is 5.70. The van der Waals surface area contributed by atoms with E-state index >= 15 is 0 Å². The van der Waals surface area contributed by atoms with Gasteiger partial charge in [0, 0.05) is 18.8 Å². The molecule has 0 bridgehead atoms. The zero-order valence-corrected chi connectivity index (χ0v) is 12.9. The van der Waals surface area contributed by atoms with Crippen molar-refractivity contribution in [3.8, 4) is 0 Å². The fraction of sp³-hybridized carbons (Fsp3) is 0.706. The van der Waals surface area contributed by atoms with E-state index in [1.807, 2.05) is 6.20 Å². The van der Waals surface area contributed by atoms with Crippen molar-refractivity contribution in [1.82, 2.24) is 10.3 Å². The van der Waals surface area contributed by atoms with E-state index in [9.17, 15) is 0 Å². The smallest absolute Gasteiger partial charge is 0.0576 e. The van der Waals surface area contributed by atoms with Crippen LogP contribution in [-0.2, 0) is 4.74 Å². The second-order valence-corrected chi connectivity index (χ2v) is 5.83. The first-order valence-electron chi connectivity index (χ1n) is 8.07. The number of nitrogens with zero attached hydrogens (tertiary/aromatic N) is 1. The predicted octanol–water partition coefficient (Wildman–Crippen LogP) is 3.78. The van der Waals surface area contributed by atoms with Crippen LogP contribution < -0.4 is 5.32 Å². The second-order valence-electron chi connectivity index (χ2n) is 5.83. The molecule has 2 unspecified atom stereocenters. The van der Waals surface area contributed by atoms with Crippen LogP contribution in [0.25, 0.3) is 0 Å². The summed E-state index contributed by atoms with van der Waals surface area (Å²) in [6.45, 7) is 6.36. The molecule has 1 fully saturated rings. The lowest BCUT2D eigenvalue weighted by Crippen LogP contribution is -2.23. The lowest BCUT2D eigenvalue weighted by Gasteiger charge is -2.19. The third kappa shape index (κ3) is 4.88. The zero-order chi connectivity index (χ0) is 14.2. The van der Waals surface area contributed by atoms with Crippen LogP contribution in [0.4, 0.5) is 0 Å². The Balaban J connectivity index is 1.85. The average molecular weight is 276 g/mol. The molecule has 3 nitrogen and oxygen atoms in total. The van der Waals surface area contributed by atoms with Gasteiger partial charge in [0.1, 0.15) is 0 Å². The lowest BCUT2D eigenvalue weighted by molar-refractivity contribution is 0.101. The summed E-state index contributed by atoms with van der Waals surface area (Å²) in [7, 11) is 0. The molecule has 0 saturated carbocycles. The number of ether oxygens (including phenoxy) is 1. The van der Waals surface area contributed by atoms with Crippen molar-refractivity contribution < 1.29 is 4.74 Å². The van der Waals surface area contributed by atoms with Crippen molar-refractivity contribution in [3.63, 3.8) is 0 Å². The molecule has 20 heavy (non-hydrogen) atoms. The fourth-order valence-electron chi connectivity index (χ4n) is 2.84. The summed E-state index contributed by atoms with van der Waals surface area (Å²) in [6.07, 6.45) is 9.62. The summed E-state index contributed by atoms with van der Waals surface area (Å²) >= 11 is 0. The molecule has 3 heteroatoms. The summed E-state index contributed by atoms with van der Waals surface area (Å²) in [4.78, 5) is 4.55. The number of hydrogen-bond donors (Lipinski definition) is 1. The molecule has 1 aliphatic heterocycles. The average Bonchev–Trinajstić information content (AvgIpc) is 2.96. The van der Waals surface area contributed by atoms with Crippen LogP contribution in [0.1, 0.15) is 62.7 Å². The highest BCUT2D eigenvalue weighted by Gasteiger charge is 2.17. The molecule has 2 heterocycles. The van der Waals surface area contributed by atoms with Gasteiger partial charge < -0.3 is 10.1 Å². The highest BCUT2D eigenvalue weighted by atomic mass is 16.5. The van der Waals surface area contributed by atoms with E-state index < -0.39 is 0 Å². The minimum absolute atomic E-state index is 0.385. The van der Waals surface area contributed by atoms with Gasteiger partial charge in [0.05, 0.1) is 11.8 Å². The van der Waals surface area contributed by atoms with E-state index in [1.165, 1.54) is 36.9 Å². The van der Waals surface area contributed by atoms with E-state index in [0.29, 0.717) is 12.1 Å². The molecule has 0 amide bonds. The highest BCUT2D eigenvalue weighted by molar-refractivity contribution is 5.17. The molecular weight excluding hydrogens is 248 g/mol. The van der Waals surface area contributed by atoms with E-state index in [2.05, 4.69) is 36.3 Å². The third-order valence-corrected chi connectivity index (χ3v) is 3.98. The minimum atomic E-state index is 0.385. The van der Waals surface area contributed by atoms with E-state index in [4.69, 9.17) is 4.74 Å². The zero-order valence-electron chi connectivity index (χ0n) is 12.9. The number of aromatic nitrogens is 1. The van der Waals surface area contributed by atoms with Gasteiger partial charge in [0.15, 0.2) is 0 Å². The molecule has 1 N–H and O–H groups in total. The van der Waals surface area contributed by atoms with Gasteiger partial charge in [-0.1, -0.05) is 6.92 Å². The van der Waals surface area contributed by atoms with Crippen LogP contribution in [0.15, 0.2) is 18.3 Å². The number of nitrogens with one attached hydrogen (secondary N) is 1. The second kappa shape index (κ2) is 8.38. The normalized spacial score (nSPS) is 20.2. The SMILES string of the molecule is CCCNC(CCCC1CCCO1)c1cc(C)ccn1. The van der Waals surface area contributed by atoms with Gasteiger partial charge in [-0.25, -0.2) is 0 Å². The topological polar surface area (TPSA) is 34.1 Å². The van der Waals surface area contributed by atoms with Crippen molar-refractivity contribution in [2.45, 2.75) is 64.5 Å². The van der Waals surface area contributed by atoms with Gasteiger partial charge in [-0.15, -0.1) is 0 Å². The summed E-state index contributed by atoms with van der Waals surface area (Å²) in [5, 5.41) is 3.64. The van der Waals surface area contributed by atoms with Gasteiger partial charge in [-0.2, -0.15) is 0 Å². The van der Waals surface area contributed by atoms with E-state index in [0.717, 1.165) is 26.0 Å². The quantitative estimate of drug-likeness (QED) is 0.784. The van der Waals surface area contributed by atoms with Gasteiger partial charge >= 0.3 is 0 Å². The molecule has 0 aromatic carbocycles. The lowest BCUT2D eigenvalue weighted by atomic mass is 10.0. The Kier molecular flexibility index (Phi) is 6.48. The molecule has 1 aliphatic rings. The summed E-state index contributed by atoms with van der Waals surface area (Å²) < 4.78 is 5.70. The minimum Gasteiger partial charge on any atom is -0.378 e. The molecule has 1 aromatic rings. The van der Waals surface area contributed by atoms with Crippen LogP contribution in [-0.4, -0.2) is 24.2 Å². The van der Waals surface area contributed by atoms with Gasteiger partial charge in [-0.3, -0.25) is 4.98 Å². The number of rotatable bonds is 8. The van der Waals surface area contributed by atoms with E-state index in [-0.39, 0.29) is 0 Å². The van der Waals surface area contributed by atoms with Crippen LogP contribution >= 0.6 is 0 Å². The van der Waals surface area contributed by atoms with Crippen molar-refractivity contribution in [2.24, 2.45) is 0 Å². The van der Waals surface area contributed by atoms with Crippen LogP contribution in [0.5, 0.6) is 0 Å². The van der Waals surface area contributed by atoms with E-state index in [1.54, 1.807) is 0 Å². The van der Waals surface area contributed by atoms with Crippen LogP contribution in [0.3, 0.4) is 0 Å². The van der Waals surface area contributed by atoms with Gasteiger partial charge in [0.2, 0.25) is 0 Å². The third-order valence-electron chi connectivity index (χ3n) is 3.98. The molecule has 2 rings (SSSR count). The van der Waals surface area contributed by atoms with Crippen molar-refractivity contribution in [2.75, 3.05) is 13.2 Å². The van der Waals surface area contributed by atoms with Crippen molar-refractivity contribution >= 4 is 0 Å². The van der Waals surface area contributed by atoms with Gasteiger partial charge in [0.25, 0.3) is 0 Å². The standard InChI is InChI=1S/C17H28N2O/c1-3-10-18-16(17-13-14(2)9-11-19-17)8-4-6-15-7-5-12-20-15/h9,11,13,15-16,18H,3-8,10,12H2,1-2H3. The van der Waals surface area contributed by atoms with Crippen LogP contribution in [0.2, 0.25) is 0 Å². The Bertz CT molecular complexity index is 388. The molecule has 0 spiro atoms. The number of aryl methyl sites for hydroxylation is 1. The predicted molar refractivity (Wildman–Crippen MR) is 82.8 cm³/mol. The first-order valence-corrected chi connectivity index (χ1v) is 8.07. The van der Waals surface area contributed by atoms with Crippen molar-refractivity contribution in [3.05, 3.63) is 29.6 Å². The highest BCUT2D eigenvalue weighted by Crippen LogP contribution is 2.22. The summed E-state index contributed by atoms with van der Waals surface area (Å²) in [6, 6.07) is 4.66. The van der Waals surface area contributed by atoms with Gasteiger partial charge in [-0.05, 0) is 69.7 Å². The Morgan fingerprint density at radius 2 is 2.40 bits per heavy atom. The monoisotopic (exact) mass is 276 g/mol. The number of pyridine rings is 1. The molecule has 1 saturated heterocycles. The molecule has 1 aromatic heterocycles. The molecule has 0 radical (unpaired) electrons. The Labute approximate surface area is 123 Å². The summed E-state index contributed by atoms with van der Waals surface area (Å²) in [5.41, 5.74) is 2.48. The number of hydrogen-bond acceptors (Lipinski definition) is 3. The molecule has 112 valence electrons.